The number of aromatic nitrogens is 3. The van der Waals surface area contributed by atoms with E-state index >= 15 is 0 Å². The van der Waals surface area contributed by atoms with Gasteiger partial charge in [0, 0.05) is 24.3 Å². The van der Waals surface area contributed by atoms with Crippen molar-refractivity contribution < 1.29 is 13.7 Å². The van der Waals surface area contributed by atoms with Gasteiger partial charge in [0.1, 0.15) is 18.1 Å². The molecule has 2 aromatic heterocycles. The van der Waals surface area contributed by atoms with E-state index in [4.69, 9.17) is 4.52 Å². The second-order valence-electron chi connectivity index (χ2n) is 7.01. The predicted octanol–water partition coefficient (Wildman–Crippen LogP) is 4.51. The number of carbonyl (C=O) groups is 1. The maximum atomic E-state index is 13.4. The molecule has 1 fully saturated rings. The molecule has 0 N–H and O–H groups in total. The standard InChI is InChI=1S/C20H20BrFN4O2/c1-13-5-2-3-10-26(13)18(27)12-25-9-4-6-17(25)20-23-19(24-28-20)14-7-8-16(22)15(21)11-14/h4,6-9,11,13H,2-3,5,10,12H2,1H3/t13-/m0/s1. The maximum Gasteiger partial charge on any atom is 0.274 e. The minimum atomic E-state index is -0.355. The second-order valence-corrected chi connectivity index (χ2v) is 7.86. The molecule has 3 aromatic rings. The van der Waals surface area contributed by atoms with Crippen LogP contribution in [0.25, 0.3) is 23.0 Å². The van der Waals surface area contributed by atoms with E-state index in [-0.39, 0.29) is 24.3 Å². The summed E-state index contributed by atoms with van der Waals surface area (Å²) in [6.07, 6.45) is 5.10. The number of amides is 1. The Hall–Kier alpha value is -2.48. The zero-order chi connectivity index (χ0) is 19.7. The van der Waals surface area contributed by atoms with Gasteiger partial charge in [-0.1, -0.05) is 5.16 Å². The van der Waals surface area contributed by atoms with Crippen LogP contribution in [0, 0.1) is 5.82 Å². The summed E-state index contributed by atoms with van der Waals surface area (Å²) in [5.41, 5.74) is 1.32. The van der Waals surface area contributed by atoms with Crippen LogP contribution in [0.2, 0.25) is 0 Å². The lowest BCUT2D eigenvalue weighted by molar-refractivity contribution is -0.135. The monoisotopic (exact) mass is 446 g/mol. The number of benzene rings is 1. The Bertz CT molecular complexity index is 1000. The minimum Gasteiger partial charge on any atom is -0.338 e. The molecule has 1 aliphatic heterocycles. The molecule has 0 spiro atoms. The van der Waals surface area contributed by atoms with Crippen molar-refractivity contribution >= 4 is 21.8 Å². The van der Waals surface area contributed by atoms with Crippen LogP contribution < -0.4 is 0 Å². The van der Waals surface area contributed by atoms with Crippen molar-refractivity contribution in [2.75, 3.05) is 6.54 Å². The van der Waals surface area contributed by atoms with Crippen molar-refractivity contribution in [1.29, 1.82) is 0 Å². The quantitative estimate of drug-likeness (QED) is 0.591. The molecule has 1 amide bonds. The van der Waals surface area contributed by atoms with Gasteiger partial charge < -0.3 is 14.0 Å². The number of halogens is 2. The summed E-state index contributed by atoms with van der Waals surface area (Å²) in [5, 5.41) is 4.00. The average molecular weight is 447 g/mol. The summed E-state index contributed by atoms with van der Waals surface area (Å²) in [5.74, 6) is 0.415. The first-order chi connectivity index (χ1) is 13.5. The Balaban J connectivity index is 1.55. The predicted molar refractivity (Wildman–Crippen MR) is 106 cm³/mol. The number of hydrogen-bond acceptors (Lipinski definition) is 4. The van der Waals surface area contributed by atoms with E-state index in [2.05, 4.69) is 33.0 Å². The van der Waals surface area contributed by atoms with Crippen LogP contribution in [0.15, 0.2) is 45.5 Å². The Kier molecular flexibility index (Phi) is 5.30. The first-order valence-electron chi connectivity index (χ1n) is 9.27. The molecule has 6 nitrogen and oxygen atoms in total. The molecule has 1 aliphatic rings. The zero-order valence-electron chi connectivity index (χ0n) is 15.4. The molecular weight excluding hydrogens is 427 g/mol. The van der Waals surface area contributed by atoms with E-state index in [0.717, 1.165) is 19.4 Å². The fourth-order valence-electron chi connectivity index (χ4n) is 3.53. The van der Waals surface area contributed by atoms with Crippen molar-refractivity contribution in [2.24, 2.45) is 0 Å². The number of rotatable bonds is 4. The highest BCUT2D eigenvalue weighted by molar-refractivity contribution is 9.10. The summed E-state index contributed by atoms with van der Waals surface area (Å²) in [6, 6.07) is 8.49. The molecule has 1 saturated heterocycles. The summed E-state index contributed by atoms with van der Waals surface area (Å²) in [4.78, 5) is 19.1. The highest BCUT2D eigenvalue weighted by Crippen LogP contribution is 2.26. The fraction of sp³-hybridized carbons (Fsp3) is 0.350. The zero-order valence-corrected chi connectivity index (χ0v) is 17.0. The number of nitrogens with zero attached hydrogens (tertiary/aromatic N) is 4. The van der Waals surface area contributed by atoms with Crippen LogP contribution in [0.5, 0.6) is 0 Å². The number of likely N-dealkylation sites (tertiary alicyclic amines) is 1. The van der Waals surface area contributed by atoms with Crippen molar-refractivity contribution in [3.63, 3.8) is 0 Å². The van der Waals surface area contributed by atoms with E-state index in [1.807, 2.05) is 27.8 Å². The molecule has 0 radical (unpaired) electrons. The van der Waals surface area contributed by atoms with Crippen LogP contribution in [0.4, 0.5) is 4.39 Å². The van der Waals surface area contributed by atoms with Crippen molar-refractivity contribution in [3.05, 3.63) is 46.8 Å². The van der Waals surface area contributed by atoms with Gasteiger partial charge in [0.25, 0.3) is 5.89 Å². The van der Waals surface area contributed by atoms with E-state index in [1.165, 1.54) is 12.5 Å². The first kappa shape index (κ1) is 18.9. The molecule has 4 rings (SSSR count). The molecule has 0 bridgehead atoms. The van der Waals surface area contributed by atoms with E-state index < -0.39 is 0 Å². The van der Waals surface area contributed by atoms with Gasteiger partial charge in [-0.05, 0) is 72.4 Å². The van der Waals surface area contributed by atoms with Crippen LogP contribution in [-0.2, 0) is 11.3 Å². The third-order valence-corrected chi connectivity index (χ3v) is 5.69. The average Bonchev–Trinajstić information content (AvgIpc) is 3.33. The van der Waals surface area contributed by atoms with Crippen LogP contribution in [0.1, 0.15) is 26.2 Å². The molecule has 1 aromatic carbocycles. The molecule has 3 heterocycles. The van der Waals surface area contributed by atoms with Gasteiger partial charge in [-0.2, -0.15) is 4.98 Å². The summed E-state index contributed by atoms with van der Waals surface area (Å²) < 4.78 is 21.0. The first-order valence-corrected chi connectivity index (χ1v) is 10.1. The lowest BCUT2D eigenvalue weighted by atomic mass is 10.0. The van der Waals surface area contributed by atoms with E-state index in [1.54, 1.807) is 12.1 Å². The molecule has 28 heavy (non-hydrogen) atoms. The number of carbonyl (C=O) groups excluding carboxylic acids is 1. The van der Waals surface area contributed by atoms with Crippen molar-refractivity contribution in [1.82, 2.24) is 19.6 Å². The molecule has 0 saturated carbocycles. The van der Waals surface area contributed by atoms with Crippen molar-refractivity contribution in [2.45, 2.75) is 38.8 Å². The topological polar surface area (TPSA) is 64.2 Å². The number of piperidine rings is 1. The lowest BCUT2D eigenvalue weighted by Gasteiger charge is -2.33. The summed E-state index contributed by atoms with van der Waals surface area (Å²) in [7, 11) is 0. The Morgan fingerprint density at radius 1 is 1.36 bits per heavy atom. The van der Waals surface area contributed by atoms with Gasteiger partial charge in [-0.15, -0.1) is 0 Å². The third kappa shape index (κ3) is 3.73. The highest BCUT2D eigenvalue weighted by atomic mass is 79.9. The van der Waals surface area contributed by atoms with Gasteiger partial charge in [-0.25, -0.2) is 4.39 Å². The Labute approximate surface area is 170 Å². The fourth-order valence-corrected chi connectivity index (χ4v) is 3.91. The highest BCUT2D eigenvalue weighted by Gasteiger charge is 2.24. The molecule has 146 valence electrons. The Morgan fingerprint density at radius 2 is 2.21 bits per heavy atom. The number of hydrogen-bond donors (Lipinski definition) is 0. The van der Waals surface area contributed by atoms with Crippen LogP contribution in [-0.4, -0.2) is 38.1 Å². The molecule has 8 heteroatoms. The third-order valence-electron chi connectivity index (χ3n) is 5.08. The maximum absolute atomic E-state index is 13.4. The van der Waals surface area contributed by atoms with E-state index in [0.29, 0.717) is 27.4 Å². The van der Waals surface area contributed by atoms with Gasteiger partial charge in [0.05, 0.1) is 4.47 Å². The van der Waals surface area contributed by atoms with Crippen LogP contribution in [0.3, 0.4) is 0 Å². The normalized spacial score (nSPS) is 17.1. The van der Waals surface area contributed by atoms with Crippen LogP contribution >= 0.6 is 15.9 Å². The van der Waals surface area contributed by atoms with E-state index in [9.17, 15) is 9.18 Å². The van der Waals surface area contributed by atoms with Crippen molar-refractivity contribution in [3.8, 4) is 23.0 Å². The molecular formula is C20H20BrFN4O2. The van der Waals surface area contributed by atoms with Gasteiger partial charge in [-0.3, -0.25) is 4.79 Å². The minimum absolute atomic E-state index is 0.0897. The molecule has 0 aliphatic carbocycles. The second kappa shape index (κ2) is 7.87. The summed E-state index contributed by atoms with van der Waals surface area (Å²) >= 11 is 3.16. The Morgan fingerprint density at radius 3 is 3.00 bits per heavy atom. The molecule has 0 unspecified atom stereocenters. The summed E-state index contributed by atoms with van der Waals surface area (Å²) in [6.45, 7) is 3.13. The van der Waals surface area contributed by atoms with Gasteiger partial charge in [0.2, 0.25) is 11.7 Å². The molecule has 1 atom stereocenters. The largest absolute Gasteiger partial charge is 0.338 e. The smallest absolute Gasteiger partial charge is 0.274 e. The van der Waals surface area contributed by atoms with Gasteiger partial charge >= 0.3 is 0 Å². The van der Waals surface area contributed by atoms with Gasteiger partial charge in [0.15, 0.2) is 0 Å². The lowest BCUT2D eigenvalue weighted by Crippen LogP contribution is -2.43. The SMILES string of the molecule is C[C@H]1CCCCN1C(=O)Cn1cccc1-c1nc(-c2ccc(F)c(Br)c2)no1.